The van der Waals surface area contributed by atoms with E-state index in [9.17, 15) is 33.6 Å². The molecule has 19 nitrogen and oxygen atoms in total. The van der Waals surface area contributed by atoms with E-state index in [1.807, 2.05) is 0 Å². The molecule has 6 heterocycles. The van der Waals surface area contributed by atoms with Gasteiger partial charge in [-0.1, -0.05) is 25.0 Å². The molecule has 21 heteroatoms. The number of nitrogens with zero attached hydrogens (tertiary/aromatic N) is 7. The molecule has 0 radical (unpaired) electrons. The van der Waals surface area contributed by atoms with Gasteiger partial charge in [0.2, 0.25) is 23.7 Å². The molecule has 5 aliphatic heterocycles. The molecular weight excluding hydrogens is 875 g/mol. The van der Waals surface area contributed by atoms with Crippen LogP contribution in [0.1, 0.15) is 94.4 Å². The number of carbonyl (C=O) groups is 7. The number of ether oxygens (including phenoxy) is 2. The molecule has 3 aromatic rings. The quantitative estimate of drug-likeness (QED) is 0.236. The van der Waals surface area contributed by atoms with Crippen molar-refractivity contribution in [3.63, 3.8) is 0 Å². The van der Waals surface area contributed by atoms with Crippen molar-refractivity contribution >= 4 is 64.5 Å². The number of rotatable bonds is 11. The highest BCUT2D eigenvalue weighted by Crippen LogP contribution is 2.40. The first-order valence-corrected chi connectivity index (χ1v) is 22.7. The van der Waals surface area contributed by atoms with Gasteiger partial charge in [-0.2, -0.15) is 13.8 Å². The van der Waals surface area contributed by atoms with Crippen molar-refractivity contribution in [2.75, 3.05) is 68.6 Å². The predicted octanol–water partition coefficient (Wildman–Crippen LogP) is 3.00. The molecule has 1 saturated carbocycles. The number of hydrogen-bond acceptors (Lipinski definition) is 14. The van der Waals surface area contributed by atoms with Gasteiger partial charge in [0, 0.05) is 63.8 Å². The van der Waals surface area contributed by atoms with Gasteiger partial charge in [0.1, 0.15) is 17.5 Å². The van der Waals surface area contributed by atoms with E-state index in [4.69, 9.17) is 9.47 Å². The Balaban J connectivity index is 0.771. The molecule has 4 fully saturated rings. The van der Waals surface area contributed by atoms with Gasteiger partial charge in [0.05, 0.1) is 55.8 Å². The summed E-state index contributed by atoms with van der Waals surface area (Å²) in [5, 5.41) is 8.38. The maximum absolute atomic E-state index is 15.1. The standard InChI is InChI=1S/C46H52F2N10O9/c1-54-34-22-49-45(53-39(34)57(29-7-3-4-8-29)25-46(47,48)44(54)65)51-32-11-10-26(20-35(32)66-2)40(61)50-28-14-16-56(17-15-28)37(60)21-30-24-55(18-19-67-30)23-27-6-5-9-31-38(27)43(64)58(42(31)63)33-12-13-36(59)52-41(33)62/h5-6,9-11,20,22,28-30,33H,3-4,7-8,12-19,21,23-25H2,1-2H3,(H,50,61)(H,49,51,53)(H,52,59,62)/t30-,33?/m0/s1. The number of halogens is 2. The van der Waals surface area contributed by atoms with Crippen LogP contribution in [0, 0.1) is 0 Å². The molecule has 0 spiro atoms. The Kier molecular flexibility index (Phi) is 12.6. The second-order valence-corrected chi connectivity index (χ2v) is 17.9. The third kappa shape index (κ3) is 9.13. The van der Waals surface area contributed by atoms with E-state index < -0.39 is 54.1 Å². The van der Waals surface area contributed by atoms with Gasteiger partial charge in [-0.25, -0.2) is 4.98 Å². The number of fused-ring (bicyclic) bond motifs is 2. The summed E-state index contributed by atoms with van der Waals surface area (Å²) >= 11 is 0. The highest BCUT2D eigenvalue weighted by molar-refractivity contribution is 6.24. The number of likely N-dealkylation sites (tertiary alicyclic amines) is 1. The fourth-order valence-corrected chi connectivity index (χ4v) is 10.0. The number of benzene rings is 2. The maximum Gasteiger partial charge on any atom is 0.342 e. The largest absolute Gasteiger partial charge is 0.495 e. The topological polar surface area (TPSA) is 216 Å². The van der Waals surface area contributed by atoms with Crippen molar-refractivity contribution in [3.05, 3.63) is 64.8 Å². The first-order valence-electron chi connectivity index (χ1n) is 22.7. The van der Waals surface area contributed by atoms with Gasteiger partial charge in [-0.15, -0.1) is 0 Å². The van der Waals surface area contributed by atoms with Crippen molar-refractivity contribution in [1.29, 1.82) is 0 Å². The highest BCUT2D eigenvalue weighted by Gasteiger charge is 2.49. The number of piperidine rings is 2. The molecule has 2 aromatic carbocycles. The number of aromatic nitrogens is 2. The van der Waals surface area contributed by atoms with Gasteiger partial charge in [0.25, 0.3) is 23.6 Å². The zero-order valence-corrected chi connectivity index (χ0v) is 37.2. The zero-order valence-electron chi connectivity index (χ0n) is 37.2. The number of anilines is 4. The van der Waals surface area contributed by atoms with E-state index in [0.29, 0.717) is 87.6 Å². The van der Waals surface area contributed by atoms with E-state index in [1.54, 1.807) is 41.3 Å². The van der Waals surface area contributed by atoms with Crippen molar-refractivity contribution in [3.8, 4) is 5.75 Å². The van der Waals surface area contributed by atoms with Crippen LogP contribution in [0.2, 0.25) is 0 Å². The van der Waals surface area contributed by atoms with Crippen LogP contribution >= 0.6 is 0 Å². The normalized spacial score (nSPS) is 22.7. The van der Waals surface area contributed by atoms with Gasteiger partial charge in [-0.3, -0.25) is 48.7 Å². The van der Waals surface area contributed by atoms with Crippen molar-refractivity contribution in [2.45, 2.75) is 94.5 Å². The van der Waals surface area contributed by atoms with E-state index in [-0.39, 0.29) is 71.7 Å². The molecule has 1 unspecified atom stereocenters. The smallest absolute Gasteiger partial charge is 0.342 e. The van der Waals surface area contributed by atoms with E-state index in [0.717, 1.165) is 22.6 Å². The maximum atomic E-state index is 15.1. The zero-order chi connectivity index (χ0) is 47.1. The fraction of sp³-hybridized carbons (Fsp3) is 0.500. The summed E-state index contributed by atoms with van der Waals surface area (Å²) in [6.45, 7) is 1.73. The van der Waals surface area contributed by atoms with Crippen LogP contribution in [0.25, 0.3) is 0 Å². The Morgan fingerprint density at radius 2 is 1.76 bits per heavy atom. The number of alkyl halides is 2. The second kappa shape index (κ2) is 18.6. The first-order chi connectivity index (χ1) is 32.2. The third-order valence-corrected chi connectivity index (χ3v) is 13.6. The number of nitrogens with one attached hydrogen (secondary N) is 3. The Morgan fingerprint density at radius 3 is 2.51 bits per heavy atom. The molecule has 2 atom stereocenters. The lowest BCUT2D eigenvalue weighted by Crippen LogP contribution is -2.54. The van der Waals surface area contributed by atoms with E-state index >= 15 is 8.78 Å². The van der Waals surface area contributed by atoms with Crippen molar-refractivity contribution in [2.24, 2.45) is 0 Å². The molecule has 354 valence electrons. The molecular formula is C46H52F2N10O9. The number of carbonyl (C=O) groups excluding carboxylic acids is 7. The summed E-state index contributed by atoms with van der Waals surface area (Å²) in [5.74, 6) is -6.91. The molecule has 6 aliphatic rings. The molecule has 0 bridgehead atoms. The monoisotopic (exact) mass is 926 g/mol. The van der Waals surface area contributed by atoms with Gasteiger partial charge < -0.3 is 34.8 Å². The number of morpholine rings is 1. The van der Waals surface area contributed by atoms with Crippen molar-refractivity contribution < 1.29 is 51.8 Å². The third-order valence-electron chi connectivity index (χ3n) is 13.6. The molecule has 67 heavy (non-hydrogen) atoms. The van der Waals surface area contributed by atoms with E-state index in [2.05, 4.69) is 30.8 Å². The van der Waals surface area contributed by atoms with Crippen LogP contribution in [0.3, 0.4) is 0 Å². The average molecular weight is 927 g/mol. The summed E-state index contributed by atoms with van der Waals surface area (Å²) < 4.78 is 41.8. The minimum absolute atomic E-state index is 0.0312. The fourth-order valence-electron chi connectivity index (χ4n) is 10.0. The SMILES string of the molecule is COc1cc(C(=O)NC2CCN(C(=O)C[C@H]3CN(Cc4cccc5c4C(=O)N(C4CCC(=O)NC4=O)C5=O)CCO3)CC2)ccc1Nc1ncc2c(n1)N(C1CCCC1)CC(F)(F)C(=O)N2C. The Hall–Kier alpha value is -6.61. The molecule has 3 N–H and O–H groups in total. The Labute approximate surface area is 384 Å². The lowest BCUT2D eigenvalue weighted by Gasteiger charge is -2.36. The summed E-state index contributed by atoms with van der Waals surface area (Å²) in [5.41, 5.74) is 2.03. The molecule has 9 rings (SSSR count). The van der Waals surface area contributed by atoms with Gasteiger partial charge in [0.15, 0.2) is 5.82 Å². The molecule has 3 saturated heterocycles. The lowest BCUT2D eigenvalue weighted by molar-refractivity contribution is -0.140. The minimum Gasteiger partial charge on any atom is -0.495 e. The number of hydrogen-bond donors (Lipinski definition) is 3. The van der Waals surface area contributed by atoms with Gasteiger partial charge >= 0.3 is 5.92 Å². The predicted molar refractivity (Wildman–Crippen MR) is 236 cm³/mol. The summed E-state index contributed by atoms with van der Waals surface area (Å²) in [7, 11) is 2.75. The van der Waals surface area contributed by atoms with Crippen LogP contribution in [-0.2, 0) is 30.5 Å². The van der Waals surface area contributed by atoms with Crippen LogP contribution in [0.5, 0.6) is 5.75 Å². The van der Waals surface area contributed by atoms with Gasteiger partial charge in [-0.05, 0) is 61.9 Å². The average Bonchev–Trinajstić information content (AvgIpc) is 3.93. The first kappa shape index (κ1) is 45.5. The molecule has 1 aromatic heterocycles. The van der Waals surface area contributed by atoms with Crippen LogP contribution < -0.4 is 30.5 Å². The van der Waals surface area contributed by atoms with Crippen molar-refractivity contribution in [1.82, 2.24) is 35.3 Å². The minimum atomic E-state index is -3.61. The van der Waals surface area contributed by atoms with Crippen LogP contribution in [-0.4, -0.2) is 150 Å². The summed E-state index contributed by atoms with van der Waals surface area (Å²) in [6, 6.07) is 8.43. The highest BCUT2D eigenvalue weighted by atomic mass is 19.3. The summed E-state index contributed by atoms with van der Waals surface area (Å²) in [4.78, 5) is 107. The van der Waals surface area contributed by atoms with Crippen LogP contribution in [0.15, 0.2) is 42.6 Å². The Bertz CT molecular complexity index is 2510. The molecule has 7 amide bonds. The number of imide groups is 2. The molecule has 1 aliphatic carbocycles. The summed E-state index contributed by atoms with van der Waals surface area (Å²) in [6.07, 6.45) is 5.47. The lowest BCUT2D eigenvalue weighted by atomic mass is 10.0. The number of amides is 7. The number of methoxy groups -OCH3 is 1. The van der Waals surface area contributed by atoms with E-state index in [1.165, 1.54) is 25.3 Å². The Morgan fingerprint density at radius 1 is 0.985 bits per heavy atom. The second-order valence-electron chi connectivity index (χ2n) is 17.9. The van der Waals surface area contributed by atoms with Crippen LogP contribution in [0.4, 0.5) is 31.9 Å².